The number of pyridine rings is 1. The van der Waals surface area contributed by atoms with Crippen molar-refractivity contribution >= 4 is 5.97 Å². The average molecular weight is 404 g/mol. The maximum atomic E-state index is 12.4. The van der Waals surface area contributed by atoms with Crippen LogP contribution in [0.1, 0.15) is 22.9 Å². The number of aromatic nitrogens is 1. The van der Waals surface area contributed by atoms with Crippen LogP contribution in [-0.2, 0) is 9.53 Å². The first-order chi connectivity index (χ1) is 14.5. The standard InChI is InChI=1S/C23H20N2O5/c1-14-11-17(18(13-24)22(26)25-14)16-9-10-19(28-2)20(12-16)30-21(23(27)29-3)15-7-5-4-6-8-15/h4-12,21H,1-3H3,(H,25,26). The number of esters is 1. The molecule has 0 aliphatic rings. The maximum Gasteiger partial charge on any atom is 0.351 e. The Bertz CT molecular complexity index is 1160. The first kappa shape index (κ1) is 20.7. The van der Waals surface area contributed by atoms with Gasteiger partial charge in [-0.15, -0.1) is 0 Å². The Morgan fingerprint density at radius 3 is 2.43 bits per heavy atom. The maximum absolute atomic E-state index is 12.4. The van der Waals surface area contributed by atoms with Crippen LogP contribution in [0.4, 0.5) is 0 Å². The van der Waals surface area contributed by atoms with Gasteiger partial charge in [0, 0.05) is 16.8 Å². The Morgan fingerprint density at radius 1 is 1.07 bits per heavy atom. The summed E-state index contributed by atoms with van der Waals surface area (Å²) in [4.78, 5) is 27.2. The van der Waals surface area contributed by atoms with Crippen molar-refractivity contribution in [1.29, 1.82) is 5.26 Å². The highest BCUT2D eigenvalue weighted by atomic mass is 16.6. The number of hydrogen-bond donors (Lipinski definition) is 1. The summed E-state index contributed by atoms with van der Waals surface area (Å²) < 4.78 is 16.3. The van der Waals surface area contributed by atoms with Gasteiger partial charge in [0.1, 0.15) is 11.6 Å². The van der Waals surface area contributed by atoms with Crippen molar-refractivity contribution in [1.82, 2.24) is 4.98 Å². The van der Waals surface area contributed by atoms with Gasteiger partial charge in [0.25, 0.3) is 5.56 Å². The molecule has 0 spiro atoms. The molecule has 1 atom stereocenters. The molecule has 1 aromatic heterocycles. The molecule has 0 bridgehead atoms. The number of nitrogens with zero attached hydrogens (tertiary/aromatic N) is 1. The van der Waals surface area contributed by atoms with Gasteiger partial charge in [-0.2, -0.15) is 5.26 Å². The highest BCUT2D eigenvalue weighted by molar-refractivity contribution is 5.77. The van der Waals surface area contributed by atoms with E-state index >= 15 is 0 Å². The van der Waals surface area contributed by atoms with Crippen molar-refractivity contribution in [2.24, 2.45) is 0 Å². The number of carbonyl (C=O) groups is 1. The molecule has 0 radical (unpaired) electrons. The van der Waals surface area contributed by atoms with E-state index in [1.165, 1.54) is 14.2 Å². The van der Waals surface area contributed by atoms with Gasteiger partial charge in [-0.05, 0) is 30.7 Å². The summed E-state index contributed by atoms with van der Waals surface area (Å²) in [5, 5.41) is 9.43. The van der Waals surface area contributed by atoms with Crippen LogP contribution in [0.3, 0.4) is 0 Å². The van der Waals surface area contributed by atoms with Gasteiger partial charge >= 0.3 is 5.97 Å². The van der Waals surface area contributed by atoms with Crippen LogP contribution in [0.2, 0.25) is 0 Å². The molecular formula is C23H20N2O5. The molecule has 0 saturated carbocycles. The molecule has 0 fully saturated rings. The third-order valence-electron chi connectivity index (χ3n) is 4.52. The molecule has 30 heavy (non-hydrogen) atoms. The molecule has 7 heteroatoms. The molecule has 3 rings (SSSR count). The number of methoxy groups -OCH3 is 2. The van der Waals surface area contributed by atoms with Crippen molar-refractivity contribution in [3.8, 4) is 28.7 Å². The molecular weight excluding hydrogens is 384 g/mol. The molecule has 7 nitrogen and oxygen atoms in total. The lowest BCUT2D eigenvalue weighted by Crippen LogP contribution is -2.20. The summed E-state index contributed by atoms with van der Waals surface area (Å²) in [6, 6.07) is 17.6. The largest absolute Gasteiger partial charge is 0.493 e. The van der Waals surface area contributed by atoms with Crippen molar-refractivity contribution < 1.29 is 19.0 Å². The molecule has 3 aromatic rings. The van der Waals surface area contributed by atoms with Crippen molar-refractivity contribution in [3.05, 3.63) is 81.8 Å². The van der Waals surface area contributed by atoms with E-state index in [1.54, 1.807) is 55.5 Å². The number of carbonyl (C=O) groups excluding carboxylic acids is 1. The highest BCUT2D eigenvalue weighted by Crippen LogP contribution is 2.36. The second-order valence-electron chi connectivity index (χ2n) is 6.48. The van der Waals surface area contributed by atoms with Crippen LogP contribution in [-0.4, -0.2) is 25.2 Å². The molecule has 1 unspecified atom stereocenters. The molecule has 0 aliphatic carbocycles. The lowest BCUT2D eigenvalue weighted by molar-refractivity contribution is -0.149. The number of aryl methyl sites for hydroxylation is 1. The van der Waals surface area contributed by atoms with Crippen LogP contribution >= 0.6 is 0 Å². The predicted octanol–water partition coefficient (Wildman–Crippen LogP) is 3.52. The molecule has 1 N–H and O–H groups in total. The quantitative estimate of drug-likeness (QED) is 0.631. The zero-order chi connectivity index (χ0) is 21.7. The van der Waals surface area contributed by atoms with Gasteiger partial charge in [0.2, 0.25) is 6.10 Å². The van der Waals surface area contributed by atoms with Gasteiger partial charge in [-0.25, -0.2) is 4.79 Å². The third kappa shape index (κ3) is 4.18. The van der Waals surface area contributed by atoms with Gasteiger partial charge < -0.3 is 19.2 Å². The Balaban J connectivity index is 2.11. The van der Waals surface area contributed by atoms with E-state index in [-0.39, 0.29) is 11.3 Å². The van der Waals surface area contributed by atoms with Crippen LogP contribution in [0, 0.1) is 18.3 Å². The van der Waals surface area contributed by atoms with Crippen LogP contribution in [0.5, 0.6) is 11.5 Å². The van der Waals surface area contributed by atoms with Crippen LogP contribution in [0.25, 0.3) is 11.1 Å². The van der Waals surface area contributed by atoms with Gasteiger partial charge in [0.15, 0.2) is 11.5 Å². The first-order valence-corrected chi connectivity index (χ1v) is 9.10. The molecule has 0 amide bonds. The number of nitriles is 1. The van der Waals surface area contributed by atoms with E-state index in [1.807, 2.05) is 12.1 Å². The van der Waals surface area contributed by atoms with Crippen LogP contribution < -0.4 is 15.0 Å². The molecule has 0 aliphatic heterocycles. The van der Waals surface area contributed by atoms with E-state index in [0.29, 0.717) is 28.1 Å². The van der Waals surface area contributed by atoms with Crippen molar-refractivity contribution in [2.75, 3.05) is 14.2 Å². The normalized spacial score (nSPS) is 11.3. The molecule has 1 heterocycles. The minimum absolute atomic E-state index is 0.00991. The Morgan fingerprint density at radius 2 is 1.80 bits per heavy atom. The second kappa shape index (κ2) is 8.97. The summed E-state index contributed by atoms with van der Waals surface area (Å²) in [6.45, 7) is 1.73. The summed E-state index contributed by atoms with van der Waals surface area (Å²) >= 11 is 0. The van der Waals surface area contributed by atoms with E-state index in [9.17, 15) is 14.9 Å². The third-order valence-corrected chi connectivity index (χ3v) is 4.52. The number of aromatic amines is 1. The molecule has 0 saturated heterocycles. The van der Waals surface area contributed by atoms with Crippen molar-refractivity contribution in [3.63, 3.8) is 0 Å². The van der Waals surface area contributed by atoms with Gasteiger partial charge in [-0.3, -0.25) is 4.79 Å². The van der Waals surface area contributed by atoms with Gasteiger partial charge in [-0.1, -0.05) is 36.4 Å². The lowest BCUT2D eigenvalue weighted by atomic mass is 10.0. The Hall–Kier alpha value is -4.05. The fourth-order valence-corrected chi connectivity index (χ4v) is 3.08. The number of nitrogens with one attached hydrogen (secondary N) is 1. The predicted molar refractivity (Wildman–Crippen MR) is 110 cm³/mol. The highest BCUT2D eigenvalue weighted by Gasteiger charge is 2.25. The number of ether oxygens (including phenoxy) is 3. The number of hydrogen-bond acceptors (Lipinski definition) is 6. The van der Waals surface area contributed by atoms with E-state index < -0.39 is 17.6 Å². The minimum Gasteiger partial charge on any atom is -0.493 e. The molecule has 152 valence electrons. The van der Waals surface area contributed by atoms with Crippen molar-refractivity contribution in [2.45, 2.75) is 13.0 Å². The summed E-state index contributed by atoms with van der Waals surface area (Å²) in [7, 11) is 2.77. The van der Waals surface area contributed by atoms with E-state index in [4.69, 9.17) is 14.2 Å². The number of benzene rings is 2. The average Bonchev–Trinajstić information content (AvgIpc) is 2.77. The Labute approximate surface area is 173 Å². The fourth-order valence-electron chi connectivity index (χ4n) is 3.08. The minimum atomic E-state index is -1.02. The molecule has 2 aromatic carbocycles. The van der Waals surface area contributed by atoms with E-state index in [2.05, 4.69) is 4.98 Å². The van der Waals surface area contributed by atoms with Crippen LogP contribution in [0.15, 0.2) is 59.4 Å². The monoisotopic (exact) mass is 404 g/mol. The number of H-pyrrole nitrogens is 1. The number of rotatable bonds is 6. The summed E-state index contributed by atoms with van der Waals surface area (Å²) in [6.07, 6.45) is -1.02. The SMILES string of the molecule is COC(=O)C(Oc1cc(-c2cc(C)[nH]c(=O)c2C#N)ccc1OC)c1ccccc1. The zero-order valence-corrected chi connectivity index (χ0v) is 16.8. The lowest BCUT2D eigenvalue weighted by Gasteiger charge is -2.20. The van der Waals surface area contributed by atoms with E-state index in [0.717, 1.165) is 0 Å². The topological polar surface area (TPSA) is 101 Å². The first-order valence-electron chi connectivity index (χ1n) is 9.10. The zero-order valence-electron chi connectivity index (χ0n) is 16.8. The second-order valence-corrected chi connectivity index (χ2v) is 6.48. The fraction of sp³-hybridized carbons (Fsp3) is 0.174. The smallest absolute Gasteiger partial charge is 0.351 e. The summed E-state index contributed by atoms with van der Waals surface area (Å²) in [5.41, 5.74) is 1.78. The van der Waals surface area contributed by atoms with Gasteiger partial charge in [0.05, 0.1) is 14.2 Å². The summed E-state index contributed by atoms with van der Waals surface area (Å²) in [5.74, 6) is 0.0955. The Kier molecular flexibility index (Phi) is 6.18.